The minimum Gasteiger partial charge on any atom is -0.497 e. The number of alkyl halides is 1. The molecule has 0 aliphatic rings. The zero-order chi connectivity index (χ0) is 15.4. The molecular weight excluding hydrogens is 284 g/mol. The van der Waals surface area contributed by atoms with Gasteiger partial charge in [0.2, 0.25) is 0 Å². The third kappa shape index (κ3) is 3.70. The van der Waals surface area contributed by atoms with E-state index < -0.39 is 0 Å². The Morgan fingerprint density at radius 1 is 1.00 bits per heavy atom. The van der Waals surface area contributed by atoms with Gasteiger partial charge in [0.05, 0.1) is 19.6 Å². The molecule has 0 N–H and O–H groups in total. The normalized spacial score (nSPS) is 12.0. The van der Waals surface area contributed by atoms with Crippen molar-refractivity contribution >= 4 is 11.6 Å². The number of methoxy groups -OCH3 is 2. The Bertz CT molecular complexity index is 599. The van der Waals surface area contributed by atoms with Crippen molar-refractivity contribution in [2.75, 3.05) is 14.2 Å². The van der Waals surface area contributed by atoms with Crippen molar-refractivity contribution in [1.82, 2.24) is 0 Å². The highest BCUT2D eigenvalue weighted by Gasteiger charge is 2.13. The first-order valence-corrected chi connectivity index (χ1v) is 7.41. The molecule has 0 bridgehead atoms. The first kappa shape index (κ1) is 15.7. The summed E-state index contributed by atoms with van der Waals surface area (Å²) in [7, 11) is 3.37. The van der Waals surface area contributed by atoms with Crippen LogP contribution in [0.1, 0.15) is 27.6 Å². The summed E-state index contributed by atoms with van der Waals surface area (Å²) in [6.07, 6.45) is 0.768. The van der Waals surface area contributed by atoms with Crippen LogP contribution < -0.4 is 9.47 Å². The van der Waals surface area contributed by atoms with Crippen LogP contribution in [-0.2, 0) is 6.42 Å². The second kappa shape index (κ2) is 6.86. The van der Waals surface area contributed by atoms with Crippen LogP contribution in [0.5, 0.6) is 11.5 Å². The van der Waals surface area contributed by atoms with Gasteiger partial charge in [0.15, 0.2) is 0 Å². The molecule has 0 aliphatic carbocycles. The highest BCUT2D eigenvalue weighted by atomic mass is 35.5. The van der Waals surface area contributed by atoms with Gasteiger partial charge in [-0.25, -0.2) is 0 Å². The van der Waals surface area contributed by atoms with Crippen molar-refractivity contribution in [3.8, 4) is 11.5 Å². The fourth-order valence-corrected chi connectivity index (χ4v) is 2.91. The summed E-state index contributed by atoms with van der Waals surface area (Å²) in [5, 5.41) is -0.0691. The molecule has 0 amide bonds. The molecule has 112 valence electrons. The van der Waals surface area contributed by atoms with E-state index in [1.807, 2.05) is 32.0 Å². The second-order valence-electron chi connectivity index (χ2n) is 5.21. The zero-order valence-corrected chi connectivity index (χ0v) is 13.7. The number of halogens is 1. The predicted molar refractivity (Wildman–Crippen MR) is 87.8 cm³/mol. The molecule has 0 aliphatic heterocycles. The van der Waals surface area contributed by atoms with Crippen molar-refractivity contribution < 1.29 is 9.47 Å². The Hall–Kier alpha value is -1.67. The van der Waals surface area contributed by atoms with Crippen molar-refractivity contribution in [2.24, 2.45) is 0 Å². The van der Waals surface area contributed by atoms with E-state index in [1.54, 1.807) is 14.2 Å². The van der Waals surface area contributed by atoms with Gasteiger partial charge in [-0.1, -0.05) is 24.3 Å². The second-order valence-corrected chi connectivity index (χ2v) is 5.74. The summed E-state index contributed by atoms with van der Waals surface area (Å²) in [4.78, 5) is 0. The van der Waals surface area contributed by atoms with Crippen molar-refractivity contribution in [2.45, 2.75) is 25.6 Å². The average Bonchev–Trinajstić information content (AvgIpc) is 2.47. The van der Waals surface area contributed by atoms with E-state index in [9.17, 15) is 0 Å². The number of ether oxygens (including phenoxy) is 2. The van der Waals surface area contributed by atoms with E-state index in [0.717, 1.165) is 34.6 Å². The summed E-state index contributed by atoms with van der Waals surface area (Å²) < 4.78 is 10.7. The lowest BCUT2D eigenvalue weighted by Crippen LogP contribution is -2.00. The first-order valence-electron chi connectivity index (χ1n) is 6.97. The molecule has 0 saturated heterocycles. The maximum atomic E-state index is 6.59. The van der Waals surface area contributed by atoms with Gasteiger partial charge in [-0.3, -0.25) is 0 Å². The number of benzene rings is 2. The Balaban J connectivity index is 2.22. The van der Waals surface area contributed by atoms with Crippen LogP contribution in [0.2, 0.25) is 0 Å². The van der Waals surface area contributed by atoms with Crippen LogP contribution in [0.25, 0.3) is 0 Å². The predicted octanol–water partition coefficient (Wildman–Crippen LogP) is 4.84. The molecule has 0 spiro atoms. The number of aryl methyl sites for hydroxylation is 2. The van der Waals surface area contributed by atoms with E-state index >= 15 is 0 Å². The third-order valence-corrected chi connectivity index (χ3v) is 4.00. The summed E-state index contributed by atoms with van der Waals surface area (Å²) in [5.74, 6) is 1.79. The molecule has 0 saturated carbocycles. The zero-order valence-electron chi connectivity index (χ0n) is 12.9. The molecule has 0 heterocycles. The molecule has 1 unspecified atom stereocenters. The van der Waals surface area contributed by atoms with Gasteiger partial charge in [0.25, 0.3) is 0 Å². The van der Waals surface area contributed by atoms with Crippen LogP contribution in [0, 0.1) is 13.8 Å². The lowest BCUT2D eigenvalue weighted by atomic mass is 9.99. The Morgan fingerprint density at radius 2 is 1.67 bits per heavy atom. The molecule has 2 aromatic rings. The SMILES string of the molecule is COc1cccc(CC(Cl)c2cc(C)c(OC)c(C)c2)c1. The fraction of sp³-hybridized carbons (Fsp3) is 0.333. The van der Waals surface area contributed by atoms with E-state index in [-0.39, 0.29) is 5.38 Å². The highest BCUT2D eigenvalue weighted by Crippen LogP contribution is 2.32. The number of hydrogen-bond acceptors (Lipinski definition) is 2. The molecule has 1 atom stereocenters. The monoisotopic (exact) mass is 304 g/mol. The van der Waals surface area contributed by atoms with Gasteiger partial charge in [-0.05, 0) is 54.7 Å². The lowest BCUT2D eigenvalue weighted by Gasteiger charge is -2.15. The highest BCUT2D eigenvalue weighted by molar-refractivity contribution is 6.21. The first-order chi connectivity index (χ1) is 10.0. The summed E-state index contributed by atoms with van der Waals surface area (Å²) in [6, 6.07) is 12.2. The van der Waals surface area contributed by atoms with Crippen LogP contribution >= 0.6 is 11.6 Å². The molecular formula is C18H21ClO2. The van der Waals surface area contributed by atoms with Gasteiger partial charge >= 0.3 is 0 Å². The van der Waals surface area contributed by atoms with E-state index in [0.29, 0.717) is 0 Å². The summed E-state index contributed by atoms with van der Waals surface area (Å²) in [5.41, 5.74) is 4.52. The Labute approximate surface area is 131 Å². The molecule has 3 heteroatoms. The van der Waals surface area contributed by atoms with Gasteiger partial charge in [-0.2, -0.15) is 0 Å². The van der Waals surface area contributed by atoms with Gasteiger partial charge in [-0.15, -0.1) is 11.6 Å². The number of hydrogen-bond donors (Lipinski definition) is 0. The minimum atomic E-state index is -0.0691. The van der Waals surface area contributed by atoms with Crippen molar-refractivity contribution in [1.29, 1.82) is 0 Å². The maximum absolute atomic E-state index is 6.59. The standard InChI is InChI=1S/C18H21ClO2/c1-12-8-15(9-13(2)18(12)21-4)17(19)11-14-6-5-7-16(10-14)20-3/h5-10,17H,11H2,1-4H3. The largest absolute Gasteiger partial charge is 0.497 e. The van der Waals surface area contributed by atoms with Crippen LogP contribution in [0.4, 0.5) is 0 Å². The molecule has 21 heavy (non-hydrogen) atoms. The molecule has 2 nitrogen and oxygen atoms in total. The molecule has 2 aromatic carbocycles. The van der Waals surface area contributed by atoms with Gasteiger partial charge in [0, 0.05) is 0 Å². The average molecular weight is 305 g/mol. The number of rotatable bonds is 5. The van der Waals surface area contributed by atoms with Crippen LogP contribution in [-0.4, -0.2) is 14.2 Å². The molecule has 0 fully saturated rings. The van der Waals surface area contributed by atoms with Crippen LogP contribution in [0.3, 0.4) is 0 Å². The van der Waals surface area contributed by atoms with E-state index in [1.165, 1.54) is 5.56 Å². The van der Waals surface area contributed by atoms with Crippen molar-refractivity contribution in [3.05, 3.63) is 58.7 Å². The van der Waals surface area contributed by atoms with Gasteiger partial charge in [0.1, 0.15) is 11.5 Å². The lowest BCUT2D eigenvalue weighted by molar-refractivity contribution is 0.408. The third-order valence-electron chi connectivity index (χ3n) is 3.60. The van der Waals surface area contributed by atoms with Crippen molar-refractivity contribution in [3.63, 3.8) is 0 Å². The maximum Gasteiger partial charge on any atom is 0.124 e. The van der Waals surface area contributed by atoms with Gasteiger partial charge < -0.3 is 9.47 Å². The quantitative estimate of drug-likeness (QED) is 0.736. The molecule has 2 rings (SSSR count). The topological polar surface area (TPSA) is 18.5 Å². The van der Waals surface area contributed by atoms with E-state index in [2.05, 4.69) is 18.2 Å². The smallest absolute Gasteiger partial charge is 0.124 e. The molecule has 0 radical (unpaired) electrons. The fourth-order valence-electron chi connectivity index (χ4n) is 2.61. The van der Waals surface area contributed by atoms with E-state index in [4.69, 9.17) is 21.1 Å². The van der Waals surface area contributed by atoms with Crippen LogP contribution in [0.15, 0.2) is 36.4 Å². The molecule has 0 aromatic heterocycles. The summed E-state index contributed by atoms with van der Waals surface area (Å²) >= 11 is 6.59. The summed E-state index contributed by atoms with van der Waals surface area (Å²) in [6.45, 7) is 4.09. The Kier molecular flexibility index (Phi) is 5.13. The minimum absolute atomic E-state index is 0.0691. The Morgan fingerprint density at radius 3 is 2.24 bits per heavy atom.